The molecule has 108 valence electrons. The SMILES string of the molecule is CNc1c(Cl)cc(C(=O)NC2CC(C)C2)cc1[N+](=O)[O-]. The molecule has 1 amide bonds. The number of halogens is 1. The molecule has 0 spiro atoms. The molecule has 0 unspecified atom stereocenters. The molecule has 0 radical (unpaired) electrons. The first kappa shape index (κ1) is 14.6. The molecule has 20 heavy (non-hydrogen) atoms. The summed E-state index contributed by atoms with van der Waals surface area (Å²) in [5.74, 6) is 0.291. The zero-order valence-corrected chi connectivity index (χ0v) is 12.0. The maximum Gasteiger partial charge on any atom is 0.294 e. The van der Waals surface area contributed by atoms with E-state index in [1.54, 1.807) is 7.05 Å². The van der Waals surface area contributed by atoms with E-state index in [0.29, 0.717) is 5.92 Å². The average molecular weight is 298 g/mol. The van der Waals surface area contributed by atoms with Gasteiger partial charge in [-0.25, -0.2) is 0 Å². The lowest BCUT2D eigenvalue weighted by Gasteiger charge is -2.33. The van der Waals surface area contributed by atoms with Gasteiger partial charge in [-0.05, 0) is 24.8 Å². The van der Waals surface area contributed by atoms with Crippen molar-refractivity contribution in [1.82, 2.24) is 5.32 Å². The minimum absolute atomic E-state index is 0.152. The first-order chi connectivity index (χ1) is 9.42. The molecular weight excluding hydrogens is 282 g/mol. The van der Waals surface area contributed by atoms with Crippen molar-refractivity contribution >= 4 is 28.9 Å². The van der Waals surface area contributed by atoms with Gasteiger partial charge in [-0.15, -0.1) is 0 Å². The minimum Gasteiger partial charge on any atom is -0.381 e. The fraction of sp³-hybridized carbons (Fsp3) is 0.462. The van der Waals surface area contributed by atoms with Crippen molar-refractivity contribution in [2.75, 3.05) is 12.4 Å². The van der Waals surface area contributed by atoms with Gasteiger partial charge in [-0.3, -0.25) is 14.9 Å². The lowest BCUT2D eigenvalue weighted by Crippen LogP contribution is -2.43. The Hall–Kier alpha value is -1.82. The fourth-order valence-electron chi connectivity index (χ4n) is 2.40. The molecule has 0 aromatic heterocycles. The van der Waals surface area contributed by atoms with Crippen molar-refractivity contribution in [2.45, 2.75) is 25.8 Å². The first-order valence-electron chi connectivity index (χ1n) is 6.39. The van der Waals surface area contributed by atoms with Gasteiger partial charge < -0.3 is 10.6 Å². The van der Waals surface area contributed by atoms with E-state index in [0.717, 1.165) is 12.8 Å². The van der Waals surface area contributed by atoms with E-state index in [4.69, 9.17) is 11.6 Å². The third kappa shape index (κ3) is 2.85. The number of rotatable bonds is 4. The van der Waals surface area contributed by atoms with Crippen molar-refractivity contribution in [2.24, 2.45) is 5.92 Å². The molecule has 1 saturated carbocycles. The summed E-state index contributed by atoms with van der Waals surface area (Å²) in [6.07, 6.45) is 1.88. The second-order valence-corrected chi connectivity index (χ2v) is 5.51. The summed E-state index contributed by atoms with van der Waals surface area (Å²) in [4.78, 5) is 22.5. The summed E-state index contributed by atoms with van der Waals surface area (Å²) in [6, 6.07) is 2.84. The molecule has 2 rings (SSSR count). The van der Waals surface area contributed by atoms with Crippen LogP contribution in [0.3, 0.4) is 0 Å². The number of nitrogens with one attached hydrogen (secondary N) is 2. The molecule has 0 bridgehead atoms. The monoisotopic (exact) mass is 297 g/mol. The van der Waals surface area contributed by atoms with E-state index >= 15 is 0 Å². The Bertz CT molecular complexity index is 556. The molecule has 6 nitrogen and oxygen atoms in total. The van der Waals surface area contributed by atoms with Crippen LogP contribution in [-0.4, -0.2) is 23.9 Å². The molecule has 1 aliphatic carbocycles. The zero-order chi connectivity index (χ0) is 14.9. The maximum atomic E-state index is 12.1. The first-order valence-corrected chi connectivity index (χ1v) is 6.76. The molecule has 7 heteroatoms. The highest BCUT2D eigenvalue weighted by molar-refractivity contribution is 6.34. The van der Waals surface area contributed by atoms with Crippen molar-refractivity contribution in [3.8, 4) is 0 Å². The number of carbonyl (C=O) groups excluding carboxylic acids is 1. The predicted molar refractivity (Wildman–Crippen MR) is 77.3 cm³/mol. The van der Waals surface area contributed by atoms with E-state index < -0.39 is 4.92 Å². The largest absolute Gasteiger partial charge is 0.381 e. The van der Waals surface area contributed by atoms with Crippen LogP contribution in [0.25, 0.3) is 0 Å². The quantitative estimate of drug-likeness (QED) is 0.661. The Morgan fingerprint density at radius 3 is 2.60 bits per heavy atom. The topological polar surface area (TPSA) is 84.3 Å². The Labute approximate surface area is 121 Å². The lowest BCUT2D eigenvalue weighted by atomic mass is 9.82. The van der Waals surface area contributed by atoms with Crippen LogP contribution < -0.4 is 10.6 Å². The highest BCUT2D eigenvalue weighted by Gasteiger charge is 2.28. The Morgan fingerprint density at radius 1 is 1.45 bits per heavy atom. The Balaban J connectivity index is 2.23. The van der Waals surface area contributed by atoms with E-state index in [1.807, 2.05) is 0 Å². The van der Waals surface area contributed by atoms with Gasteiger partial charge in [0.2, 0.25) is 0 Å². The fourth-order valence-corrected chi connectivity index (χ4v) is 2.71. The van der Waals surface area contributed by atoms with E-state index in [1.165, 1.54) is 12.1 Å². The molecule has 1 fully saturated rings. The molecular formula is C13H16ClN3O3. The van der Waals surface area contributed by atoms with Crippen molar-refractivity contribution < 1.29 is 9.72 Å². The van der Waals surface area contributed by atoms with Crippen LogP contribution in [0, 0.1) is 16.0 Å². The third-order valence-electron chi connectivity index (χ3n) is 3.49. The summed E-state index contributed by atoms with van der Waals surface area (Å²) in [5.41, 5.74) is 0.220. The second kappa shape index (κ2) is 5.66. The molecule has 0 atom stereocenters. The number of nitro benzene ring substituents is 1. The highest BCUT2D eigenvalue weighted by atomic mass is 35.5. The standard InChI is InChI=1S/C13H16ClN3O3/c1-7-3-9(4-7)16-13(18)8-5-10(14)12(15-2)11(6-8)17(19)20/h5-7,9,15H,3-4H2,1-2H3,(H,16,18). The van der Waals surface area contributed by atoms with Gasteiger partial charge in [-0.1, -0.05) is 18.5 Å². The number of nitro groups is 1. The van der Waals surface area contributed by atoms with Gasteiger partial charge in [0.25, 0.3) is 11.6 Å². The summed E-state index contributed by atoms with van der Waals surface area (Å²) in [6.45, 7) is 2.12. The van der Waals surface area contributed by atoms with Gasteiger partial charge in [0.1, 0.15) is 5.69 Å². The van der Waals surface area contributed by atoms with Crippen LogP contribution >= 0.6 is 11.6 Å². The van der Waals surface area contributed by atoms with Gasteiger partial charge in [0.05, 0.1) is 9.95 Å². The second-order valence-electron chi connectivity index (χ2n) is 5.11. The molecule has 0 aliphatic heterocycles. The summed E-state index contributed by atoms with van der Waals surface area (Å²) >= 11 is 5.98. The number of anilines is 1. The van der Waals surface area contributed by atoms with Crippen LogP contribution in [0.15, 0.2) is 12.1 Å². The van der Waals surface area contributed by atoms with Crippen LogP contribution in [0.5, 0.6) is 0 Å². The lowest BCUT2D eigenvalue weighted by molar-refractivity contribution is -0.383. The molecule has 0 heterocycles. The summed E-state index contributed by atoms with van der Waals surface area (Å²) in [5, 5.41) is 16.7. The van der Waals surface area contributed by atoms with Crippen LogP contribution in [0.4, 0.5) is 11.4 Å². The number of hydrogen-bond donors (Lipinski definition) is 2. The van der Waals surface area contributed by atoms with Crippen molar-refractivity contribution in [3.63, 3.8) is 0 Å². The minimum atomic E-state index is -0.556. The summed E-state index contributed by atoms with van der Waals surface area (Å²) in [7, 11) is 1.55. The van der Waals surface area contributed by atoms with Crippen molar-refractivity contribution in [1.29, 1.82) is 0 Å². The number of hydrogen-bond acceptors (Lipinski definition) is 4. The van der Waals surface area contributed by atoms with Crippen LogP contribution in [0.2, 0.25) is 5.02 Å². The average Bonchev–Trinajstić information content (AvgIpc) is 2.35. The molecule has 1 aromatic rings. The highest BCUT2D eigenvalue weighted by Crippen LogP contribution is 2.33. The molecule has 2 N–H and O–H groups in total. The third-order valence-corrected chi connectivity index (χ3v) is 3.79. The van der Waals surface area contributed by atoms with E-state index in [-0.39, 0.29) is 33.9 Å². The van der Waals surface area contributed by atoms with Crippen molar-refractivity contribution in [3.05, 3.63) is 32.8 Å². The van der Waals surface area contributed by atoms with Crippen LogP contribution in [0.1, 0.15) is 30.1 Å². The Kier molecular flexibility index (Phi) is 4.13. The van der Waals surface area contributed by atoms with Crippen LogP contribution in [-0.2, 0) is 0 Å². The molecule has 1 aliphatic rings. The maximum absolute atomic E-state index is 12.1. The van der Waals surface area contributed by atoms with E-state index in [9.17, 15) is 14.9 Å². The van der Waals surface area contributed by atoms with E-state index in [2.05, 4.69) is 17.6 Å². The number of benzene rings is 1. The molecule has 0 saturated heterocycles. The smallest absolute Gasteiger partial charge is 0.294 e. The zero-order valence-electron chi connectivity index (χ0n) is 11.3. The van der Waals surface area contributed by atoms with Gasteiger partial charge in [-0.2, -0.15) is 0 Å². The number of carbonyl (C=O) groups is 1. The van der Waals surface area contributed by atoms with Gasteiger partial charge in [0, 0.05) is 24.7 Å². The normalized spacial score (nSPS) is 20.9. The van der Waals surface area contributed by atoms with Gasteiger partial charge in [0.15, 0.2) is 0 Å². The number of nitrogens with zero attached hydrogens (tertiary/aromatic N) is 1. The molecule has 1 aromatic carbocycles. The summed E-state index contributed by atoms with van der Waals surface area (Å²) < 4.78 is 0. The predicted octanol–water partition coefficient (Wildman–Crippen LogP) is 2.82. The Morgan fingerprint density at radius 2 is 2.10 bits per heavy atom. The van der Waals surface area contributed by atoms with Gasteiger partial charge >= 0.3 is 0 Å². The number of amides is 1.